The third-order valence-electron chi connectivity index (χ3n) is 2.89. The van der Waals surface area contributed by atoms with Crippen molar-refractivity contribution in [3.63, 3.8) is 0 Å². The summed E-state index contributed by atoms with van der Waals surface area (Å²) in [4.78, 5) is 23.9. The van der Waals surface area contributed by atoms with Crippen molar-refractivity contribution >= 4 is 11.8 Å². The molecule has 0 radical (unpaired) electrons. The van der Waals surface area contributed by atoms with Crippen LogP contribution in [0.2, 0.25) is 0 Å². The number of carbonyl (C=O) groups is 2. The summed E-state index contributed by atoms with van der Waals surface area (Å²) in [5, 5.41) is 0. The van der Waals surface area contributed by atoms with Gasteiger partial charge in [-0.25, -0.2) is 4.39 Å². The van der Waals surface area contributed by atoms with E-state index in [1.807, 2.05) is 0 Å². The molecule has 0 aromatic heterocycles. The molecule has 21 heavy (non-hydrogen) atoms. The maximum absolute atomic E-state index is 13.6. The van der Waals surface area contributed by atoms with E-state index in [2.05, 4.69) is 4.74 Å². The molecular formula is C14H14F4O3. The van der Waals surface area contributed by atoms with Crippen LogP contribution in [0, 0.1) is 11.2 Å². The highest BCUT2D eigenvalue weighted by Crippen LogP contribution is 2.32. The fourth-order valence-electron chi connectivity index (χ4n) is 1.62. The molecule has 0 aliphatic rings. The predicted octanol–water partition coefficient (Wildman–Crippen LogP) is 3.62. The van der Waals surface area contributed by atoms with E-state index in [0.717, 1.165) is 0 Å². The van der Waals surface area contributed by atoms with Crippen LogP contribution in [0.1, 0.15) is 36.7 Å². The molecule has 0 amide bonds. The Labute approximate surface area is 118 Å². The molecule has 0 atom stereocenters. The summed E-state index contributed by atoms with van der Waals surface area (Å²) < 4.78 is 56.2. The zero-order chi connectivity index (χ0) is 16.4. The number of alkyl halides is 3. The van der Waals surface area contributed by atoms with Crippen LogP contribution in [0.25, 0.3) is 0 Å². The second-order valence-electron chi connectivity index (χ2n) is 4.87. The first kappa shape index (κ1) is 17.1. The average Bonchev–Trinajstić information content (AvgIpc) is 2.37. The molecule has 0 aliphatic carbocycles. The van der Waals surface area contributed by atoms with Crippen molar-refractivity contribution in [1.82, 2.24) is 0 Å². The lowest BCUT2D eigenvalue weighted by molar-refractivity contribution is -0.150. The molecule has 0 aliphatic heterocycles. The lowest BCUT2D eigenvalue weighted by atomic mass is 9.83. The number of carbonyl (C=O) groups excluding carboxylic acids is 2. The first-order valence-electron chi connectivity index (χ1n) is 6.10. The van der Waals surface area contributed by atoms with Crippen LogP contribution in [0.5, 0.6) is 0 Å². The third kappa shape index (κ3) is 3.59. The Bertz CT molecular complexity index is 562. The van der Waals surface area contributed by atoms with Crippen LogP contribution < -0.4 is 0 Å². The van der Waals surface area contributed by atoms with E-state index in [0.29, 0.717) is 18.2 Å². The topological polar surface area (TPSA) is 43.4 Å². The van der Waals surface area contributed by atoms with Gasteiger partial charge in [-0.15, -0.1) is 0 Å². The smallest absolute Gasteiger partial charge is 0.416 e. The van der Waals surface area contributed by atoms with E-state index in [1.165, 1.54) is 20.8 Å². The molecule has 0 N–H and O–H groups in total. The normalized spacial score (nSPS) is 12.1. The molecule has 7 heteroatoms. The Morgan fingerprint density at radius 3 is 2.24 bits per heavy atom. The Kier molecular flexibility index (Phi) is 4.76. The molecule has 0 heterocycles. The van der Waals surface area contributed by atoms with E-state index >= 15 is 0 Å². The molecule has 3 nitrogen and oxygen atoms in total. The summed E-state index contributed by atoms with van der Waals surface area (Å²) in [6.45, 7) is 3.87. The summed E-state index contributed by atoms with van der Waals surface area (Å²) in [6.07, 6.45) is -4.71. The second kappa shape index (κ2) is 5.83. The van der Waals surface area contributed by atoms with E-state index in [9.17, 15) is 27.2 Å². The van der Waals surface area contributed by atoms with Crippen LogP contribution >= 0.6 is 0 Å². The highest BCUT2D eigenvalue weighted by molar-refractivity contribution is 6.12. The lowest BCUT2D eigenvalue weighted by Gasteiger charge is -2.21. The predicted molar refractivity (Wildman–Crippen MR) is 66.1 cm³/mol. The number of rotatable bonds is 4. The molecule has 116 valence electrons. The minimum Gasteiger partial charge on any atom is -0.465 e. The van der Waals surface area contributed by atoms with Gasteiger partial charge in [-0.05, 0) is 39.0 Å². The van der Waals surface area contributed by atoms with Gasteiger partial charge >= 0.3 is 12.1 Å². The minimum atomic E-state index is -4.71. The molecule has 0 fully saturated rings. The summed E-state index contributed by atoms with van der Waals surface area (Å²) in [5.74, 6) is -3.11. The average molecular weight is 306 g/mol. The molecule has 0 saturated carbocycles. The molecule has 0 unspecified atom stereocenters. The van der Waals surface area contributed by atoms with Crippen molar-refractivity contribution in [2.45, 2.75) is 26.9 Å². The second-order valence-corrected chi connectivity index (χ2v) is 4.87. The van der Waals surface area contributed by atoms with Gasteiger partial charge in [-0.3, -0.25) is 9.59 Å². The Balaban J connectivity index is 3.27. The van der Waals surface area contributed by atoms with E-state index in [1.54, 1.807) is 0 Å². The van der Waals surface area contributed by atoms with Gasteiger partial charge in [0, 0.05) is 0 Å². The highest BCUT2D eigenvalue weighted by atomic mass is 19.4. The molecule has 0 bridgehead atoms. The zero-order valence-corrected chi connectivity index (χ0v) is 11.7. The Hall–Kier alpha value is -1.92. The van der Waals surface area contributed by atoms with Crippen LogP contribution in [-0.2, 0) is 15.7 Å². The van der Waals surface area contributed by atoms with Crippen molar-refractivity contribution in [2.24, 2.45) is 5.41 Å². The number of Topliss-reactive ketones (excluding diaryl/α,β-unsaturated/α-hetero) is 1. The molecular weight excluding hydrogens is 292 g/mol. The summed E-state index contributed by atoms with van der Waals surface area (Å²) in [5.41, 5.74) is -3.73. The number of halogens is 4. The van der Waals surface area contributed by atoms with E-state index < -0.39 is 40.3 Å². The standard InChI is InChI=1S/C14H14F4O3/c1-4-21-12(20)13(2,3)11(19)9-7-8(14(16,17)18)5-6-10(9)15/h5-7H,4H2,1-3H3. The van der Waals surface area contributed by atoms with Crippen molar-refractivity contribution in [3.8, 4) is 0 Å². The minimum absolute atomic E-state index is 0.000611. The first-order valence-corrected chi connectivity index (χ1v) is 6.10. The maximum Gasteiger partial charge on any atom is 0.416 e. The zero-order valence-electron chi connectivity index (χ0n) is 11.7. The molecule has 1 aromatic rings. The Morgan fingerprint density at radius 2 is 1.76 bits per heavy atom. The van der Waals surface area contributed by atoms with Crippen molar-refractivity contribution in [1.29, 1.82) is 0 Å². The van der Waals surface area contributed by atoms with Crippen LogP contribution in [-0.4, -0.2) is 18.4 Å². The van der Waals surface area contributed by atoms with E-state index in [-0.39, 0.29) is 6.61 Å². The van der Waals surface area contributed by atoms with Gasteiger partial charge < -0.3 is 4.74 Å². The van der Waals surface area contributed by atoms with Gasteiger partial charge in [0.15, 0.2) is 5.78 Å². The third-order valence-corrected chi connectivity index (χ3v) is 2.89. The van der Waals surface area contributed by atoms with Crippen molar-refractivity contribution < 1.29 is 31.9 Å². The number of ketones is 1. The van der Waals surface area contributed by atoms with Crippen LogP contribution in [0.4, 0.5) is 17.6 Å². The van der Waals surface area contributed by atoms with Gasteiger partial charge in [0.05, 0.1) is 17.7 Å². The number of hydrogen-bond donors (Lipinski definition) is 0. The van der Waals surface area contributed by atoms with Crippen LogP contribution in [0.15, 0.2) is 18.2 Å². The van der Waals surface area contributed by atoms with Gasteiger partial charge in [0.25, 0.3) is 0 Å². The van der Waals surface area contributed by atoms with E-state index in [4.69, 9.17) is 0 Å². The SMILES string of the molecule is CCOC(=O)C(C)(C)C(=O)c1cc(C(F)(F)F)ccc1F. The lowest BCUT2D eigenvalue weighted by Crippen LogP contribution is -2.35. The van der Waals surface area contributed by atoms with Gasteiger partial charge in [-0.2, -0.15) is 13.2 Å². The van der Waals surface area contributed by atoms with Gasteiger partial charge in [0.2, 0.25) is 0 Å². The largest absolute Gasteiger partial charge is 0.465 e. The summed E-state index contributed by atoms with van der Waals surface area (Å²) >= 11 is 0. The number of hydrogen-bond acceptors (Lipinski definition) is 3. The van der Waals surface area contributed by atoms with Crippen LogP contribution in [0.3, 0.4) is 0 Å². The number of esters is 1. The number of benzene rings is 1. The van der Waals surface area contributed by atoms with Gasteiger partial charge in [-0.1, -0.05) is 0 Å². The Morgan fingerprint density at radius 1 is 1.19 bits per heavy atom. The number of ether oxygens (including phenoxy) is 1. The first-order chi connectivity index (χ1) is 9.51. The molecule has 0 spiro atoms. The molecule has 1 aromatic carbocycles. The van der Waals surface area contributed by atoms with Crippen molar-refractivity contribution in [2.75, 3.05) is 6.61 Å². The maximum atomic E-state index is 13.6. The van der Waals surface area contributed by atoms with Gasteiger partial charge in [0.1, 0.15) is 11.2 Å². The fourth-order valence-corrected chi connectivity index (χ4v) is 1.62. The monoisotopic (exact) mass is 306 g/mol. The summed E-state index contributed by atoms with van der Waals surface area (Å²) in [6, 6.07) is 1.49. The quantitative estimate of drug-likeness (QED) is 0.369. The fraction of sp³-hybridized carbons (Fsp3) is 0.429. The molecule has 1 rings (SSSR count). The van der Waals surface area contributed by atoms with Crippen molar-refractivity contribution in [3.05, 3.63) is 35.1 Å². The highest BCUT2D eigenvalue weighted by Gasteiger charge is 2.40. The molecule has 0 saturated heterocycles. The summed E-state index contributed by atoms with van der Waals surface area (Å²) in [7, 11) is 0.